The molecule has 0 saturated heterocycles. The van der Waals surface area contributed by atoms with Gasteiger partial charge in [-0.1, -0.05) is 136 Å². The third-order valence-corrected chi connectivity index (χ3v) is 7.98. The molecule has 4 aromatic carbocycles. The van der Waals surface area contributed by atoms with Crippen molar-refractivity contribution in [3.05, 3.63) is 117 Å². The molecular formula is C33H33BrO. The summed E-state index contributed by atoms with van der Waals surface area (Å²) in [6, 6.07) is 29.8. The van der Waals surface area contributed by atoms with Gasteiger partial charge in [0.05, 0.1) is 0 Å². The van der Waals surface area contributed by atoms with E-state index in [1.807, 2.05) is 12.1 Å². The van der Waals surface area contributed by atoms with Crippen molar-refractivity contribution in [3.8, 4) is 22.3 Å². The average Bonchev–Trinajstić information content (AvgIpc) is 3.07. The van der Waals surface area contributed by atoms with Gasteiger partial charge in [-0.2, -0.15) is 0 Å². The normalized spacial score (nSPS) is 14.5. The number of hydrogen-bond acceptors (Lipinski definition) is 1. The van der Waals surface area contributed by atoms with E-state index in [0.717, 1.165) is 43.4 Å². The fraction of sp³-hybridized carbons (Fsp3) is 0.273. The molecule has 0 fully saturated rings. The molecule has 1 aliphatic rings. The summed E-state index contributed by atoms with van der Waals surface area (Å²) < 4.78 is 1.04. The number of aliphatic hydroxyl groups is 1. The maximum Gasteiger partial charge on any atom is 0.142 e. The SMILES string of the molecule is CC(C)(C)c1ccc(-c2ccc(C(C)(C)C)cc2C2(O)c3ccccc3-c3ccccc32)c(Br)c1. The Bertz CT molecular complexity index is 1390. The molecule has 0 aliphatic heterocycles. The van der Waals surface area contributed by atoms with Crippen molar-refractivity contribution in [3.63, 3.8) is 0 Å². The smallest absolute Gasteiger partial charge is 0.142 e. The highest BCUT2D eigenvalue weighted by atomic mass is 79.9. The van der Waals surface area contributed by atoms with Gasteiger partial charge in [0.1, 0.15) is 5.60 Å². The van der Waals surface area contributed by atoms with Crippen LogP contribution in [0.4, 0.5) is 0 Å². The lowest BCUT2D eigenvalue weighted by atomic mass is 9.76. The van der Waals surface area contributed by atoms with Crippen LogP contribution in [0.15, 0.2) is 89.4 Å². The first-order chi connectivity index (χ1) is 16.4. The van der Waals surface area contributed by atoms with E-state index in [2.05, 4.69) is 130 Å². The van der Waals surface area contributed by atoms with Crippen LogP contribution < -0.4 is 0 Å². The van der Waals surface area contributed by atoms with Gasteiger partial charge in [0, 0.05) is 21.2 Å². The molecule has 0 amide bonds. The Kier molecular flexibility index (Phi) is 5.62. The van der Waals surface area contributed by atoms with Gasteiger partial charge in [-0.15, -0.1) is 0 Å². The van der Waals surface area contributed by atoms with Gasteiger partial charge in [0.2, 0.25) is 0 Å². The largest absolute Gasteiger partial charge is 0.376 e. The lowest BCUT2D eigenvalue weighted by Crippen LogP contribution is -2.28. The molecule has 0 unspecified atom stereocenters. The Morgan fingerprint density at radius 3 is 1.46 bits per heavy atom. The minimum absolute atomic E-state index is 0.0470. The Morgan fingerprint density at radius 2 is 0.971 bits per heavy atom. The summed E-state index contributed by atoms with van der Waals surface area (Å²) in [6.07, 6.45) is 0. The maximum atomic E-state index is 12.8. The molecule has 1 nitrogen and oxygen atoms in total. The molecule has 0 bridgehead atoms. The minimum Gasteiger partial charge on any atom is -0.376 e. The molecule has 0 spiro atoms. The van der Waals surface area contributed by atoms with Gasteiger partial charge < -0.3 is 5.11 Å². The van der Waals surface area contributed by atoms with Gasteiger partial charge >= 0.3 is 0 Å². The number of halogens is 1. The van der Waals surface area contributed by atoms with Gasteiger partial charge in [-0.25, -0.2) is 0 Å². The minimum atomic E-state index is -1.24. The van der Waals surface area contributed by atoms with E-state index >= 15 is 0 Å². The van der Waals surface area contributed by atoms with Crippen LogP contribution in [-0.2, 0) is 16.4 Å². The lowest BCUT2D eigenvalue weighted by molar-refractivity contribution is 0.131. The molecule has 178 valence electrons. The number of fused-ring (bicyclic) bond motifs is 3. The monoisotopic (exact) mass is 524 g/mol. The van der Waals surface area contributed by atoms with Crippen molar-refractivity contribution in [2.75, 3.05) is 0 Å². The summed E-state index contributed by atoms with van der Waals surface area (Å²) in [6.45, 7) is 13.4. The fourth-order valence-corrected chi connectivity index (χ4v) is 5.84. The van der Waals surface area contributed by atoms with Crippen molar-refractivity contribution in [1.82, 2.24) is 0 Å². The highest BCUT2D eigenvalue weighted by molar-refractivity contribution is 9.10. The van der Waals surface area contributed by atoms with Crippen molar-refractivity contribution in [1.29, 1.82) is 0 Å². The number of benzene rings is 4. The molecule has 0 aromatic heterocycles. The zero-order valence-corrected chi connectivity index (χ0v) is 23.0. The zero-order chi connectivity index (χ0) is 25.2. The van der Waals surface area contributed by atoms with Gasteiger partial charge in [0.15, 0.2) is 0 Å². The van der Waals surface area contributed by atoms with Gasteiger partial charge in [-0.05, 0) is 50.3 Å². The maximum absolute atomic E-state index is 12.8. The quantitative estimate of drug-likeness (QED) is 0.277. The Balaban J connectivity index is 1.84. The Morgan fingerprint density at radius 1 is 0.543 bits per heavy atom. The first-order valence-electron chi connectivity index (χ1n) is 12.3. The predicted molar refractivity (Wildman–Crippen MR) is 151 cm³/mol. The van der Waals surface area contributed by atoms with Crippen LogP contribution in [0.1, 0.15) is 69.4 Å². The first-order valence-corrected chi connectivity index (χ1v) is 13.1. The highest BCUT2D eigenvalue weighted by Gasteiger charge is 2.44. The van der Waals surface area contributed by atoms with Crippen LogP contribution in [-0.4, -0.2) is 5.11 Å². The van der Waals surface area contributed by atoms with Crippen LogP contribution in [0, 0.1) is 0 Å². The molecular weight excluding hydrogens is 492 g/mol. The summed E-state index contributed by atoms with van der Waals surface area (Å²) in [5.74, 6) is 0. The summed E-state index contributed by atoms with van der Waals surface area (Å²) >= 11 is 3.88. The van der Waals surface area contributed by atoms with Crippen LogP contribution in [0.5, 0.6) is 0 Å². The molecule has 4 aromatic rings. The first kappa shape index (κ1) is 24.0. The van der Waals surface area contributed by atoms with Crippen LogP contribution in [0.2, 0.25) is 0 Å². The Labute approximate surface area is 218 Å². The number of rotatable bonds is 2. The zero-order valence-electron chi connectivity index (χ0n) is 21.4. The van der Waals surface area contributed by atoms with E-state index in [9.17, 15) is 5.11 Å². The fourth-order valence-electron chi connectivity index (χ4n) is 5.25. The van der Waals surface area contributed by atoms with Crippen molar-refractivity contribution in [2.45, 2.75) is 58.0 Å². The van der Waals surface area contributed by atoms with Crippen molar-refractivity contribution < 1.29 is 5.11 Å². The summed E-state index contributed by atoms with van der Waals surface area (Å²) in [7, 11) is 0. The molecule has 2 heteroatoms. The average molecular weight is 526 g/mol. The third-order valence-electron chi connectivity index (χ3n) is 7.32. The molecule has 0 radical (unpaired) electrons. The second-order valence-corrected chi connectivity index (χ2v) is 12.6. The third kappa shape index (κ3) is 3.88. The molecule has 0 saturated carbocycles. The standard InChI is InChI=1S/C33H33BrO/c1-31(2,3)21-15-17-25(26-18-16-22(20-30(26)34)32(4,5)6)29(19-21)33(35)27-13-9-7-11-23(27)24-12-8-10-14-28(24)33/h7-20,35H,1-6H3. The van der Waals surface area contributed by atoms with Gasteiger partial charge in [-0.3, -0.25) is 0 Å². The van der Waals surface area contributed by atoms with Gasteiger partial charge in [0.25, 0.3) is 0 Å². The van der Waals surface area contributed by atoms with Crippen LogP contribution in [0.25, 0.3) is 22.3 Å². The van der Waals surface area contributed by atoms with E-state index in [1.165, 1.54) is 11.1 Å². The van der Waals surface area contributed by atoms with Crippen LogP contribution in [0.3, 0.4) is 0 Å². The Hall–Kier alpha value is -2.68. The predicted octanol–water partition coefficient (Wildman–Crippen LogP) is 8.98. The van der Waals surface area contributed by atoms with Crippen molar-refractivity contribution in [2.24, 2.45) is 0 Å². The van der Waals surface area contributed by atoms with E-state index < -0.39 is 5.60 Å². The van der Waals surface area contributed by atoms with Crippen molar-refractivity contribution >= 4 is 15.9 Å². The molecule has 1 N–H and O–H groups in total. The molecule has 0 atom stereocenters. The van der Waals surface area contributed by atoms with Crippen LogP contribution >= 0.6 is 15.9 Å². The molecule has 1 aliphatic carbocycles. The van der Waals surface area contributed by atoms with E-state index in [1.54, 1.807) is 0 Å². The molecule has 35 heavy (non-hydrogen) atoms. The summed E-state index contributed by atoms with van der Waals surface area (Å²) in [5, 5.41) is 12.8. The number of hydrogen-bond donors (Lipinski definition) is 1. The topological polar surface area (TPSA) is 20.2 Å². The van der Waals surface area contributed by atoms with E-state index in [0.29, 0.717) is 0 Å². The molecule has 5 rings (SSSR count). The second kappa shape index (κ2) is 8.18. The van der Waals surface area contributed by atoms with E-state index in [-0.39, 0.29) is 10.8 Å². The second-order valence-electron chi connectivity index (χ2n) is 11.8. The highest BCUT2D eigenvalue weighted by Crippen LogP contribution is 2.53. The lowest BCUT2D eigenvalue weighted by Gasteiger charge is -2.32. The van der Waals surface area contributed by atoms with E-state index in [4.69, 9.17) is 0 Å². The summed E-state index contributed by atoms with van der Waals surface area (Å²) in [4.78, 5) is 0. The summed E-state index contributed by atoms with van der Waals surface area (Å²) in [5.41, 5.74) is 8.37. The molecule has 0 heterocycles.